The molecule has 0 amide bonds. The van der Waals surface area contributed by atoms with Crippen LogP contribution < -0.4 is 5.32 Å². The average Bonchev–Trinajstić information content (AvgIpc) is 2.28. The number of rotatable bonds is 1. The minimum absolute atomic E-state index is 0.0998. The molecular formula is C11H11F4NO. The van der Waals surface area contributed by atoms with Gasteiger partial charge in [-0.15, -0.1) is 0 Å². The number of halogens is 4. The van der Waals surface area contributed by atoms with Gasteiger partial charge in [-0.3, -0.25) is 0 Å². The molecule has 1 heterocycles. The third kappa shape index (κ3) is 2.58. The Morgan fingerprint density at radius 1 is 1.29 bits per heavy atom. The minimum Gasteiger partial charge on any atom is -0.378 e. The molecule has 0 aromatic heterocycles. The fourth-order valence-electron chi connectivity index (χ4n) is 1.90. The lowest BCUT2D eigenvalue weighted by Gasteiger charge is -2.26. The zero-order chi connectivity index (χ0) is 12.5. The number of alkyl halides is 3. The Balaban J connectivity index is 2.42. The molecule has 1 aromatic rings. The molecule has 2 nitrogen and oxygen atoms in total. The van der Waals surface area contributed by atoms with Gasteiger partial charge in [-0.2, -0.15) is 13.2 Å². The Labute approximate surface area is 95.6 Å². The topological polar surface area (TPSA) is 21.3 Å². The van der Waals surface area contributed by atoms with E-state index in [4.69, 9.17) is 4.74 Å². The van der Waals surface area contributed by atoms with Crippen molar-refractivity contribution in [2.75, 3.05) is 19.8 Å². The Bertz CT molecular complexity index is 399. The molecular weight excluding hydrogens is 238 g/mol. The molecule has 1 atom stereocenters. The van der Waals surface area contributed by atoms with Crippen LogP contribution in [-0.2, 0) is 10.9 Å². The summed E-state index contributed by atoms with van der Waals surface area (Å²) >= 11 is 0. The van der Waals surface area contributed by atoms with E-state index >= 15 is 0 Å². The molecule has 1 aromatic carbocycles. The van der Waals surface area contributed by atoms with Crippen LogP contribution in [0, 0.1) is 5.82 Å². The summed E-state index contributed by atoms with van der Waals surface area (Å²) in [7, 11) is 0. The van der Waals surface area contributed by atoms with Gasteiger partial charge in [0.25, 0.3) is 0 Å². The summed E-state index contributed by atoms with van der Waals surface area (Å²) in [6.07, 6.45) is -4.69. The van der Waals surface area contributed by atoms with Crippen LogP contribution in [0.3, 0.4) is 0 Å². The van der Waals surface area contributed by atoms with Gasteiger partial charge in [0.15, 0.2) is 0 Å². The Kier molecular flexibility index (Phi) is 3.35. The molecule has 0 radical (unpaired) electrons. The second-order valence-corrected chi connectivity index (χ2v) is 3.78. The minimum atomic E-state index is -4.69. The van der Waals surface area contributed by atoms with Crippen molar-refractivity contribution in [1.29, 1.82) is 0 Å². The van der Waals surface area contributed by atoms with Crippen LogP contribution in [0.4, 0.5) is 17.6 Å². The summed E-state index contributed by atoms with van der Waals surface area (Å²) < 4.78 is 56.7. The quantitative estimate of drug-likeness (QED) is 0.772. The molecule has 0 spiro atoms. The van der Waals surface area contributed by atoms with E-state index in [1.165, 1.54) is 12.1 Å². The molecule has 17 heavy (non-hydrogen) atoms. The van der Waals surface area contributed by atoms with Crippen molar-refractivity contribution in [2.45, 2.75) is 12.2 Å². The van der Waals surface area contributed by atoms with Gasteiger partial charge in [0.05, 0.1) is 24.8 Å². The molecule has 0 saturated carbocycles. The molecule has 1 fully saturated rings. The van der Waals surface area contributed by atoms with Gasteiger partial charge in [0.1, 0.15) is 5.82 Å². The zero-order valence-corrected chi connectivity index (χ0v) is 8.85. The highest BCUT2D eigenvalue weighted by Gasteiger charge is 2.38. The Morgan fingerprint density at radius 2 is 2.06 bits per heavy atom. The summed E-state index contributed by atoms with van der Waals surface area (Å²) in [5, 5.41) is 2.88. The van der Waals surface area contributed by atoms with Crippen molar-refractivity contribution in [2.24, 2.45) is 0 Å². The zero-order valence-electron chi connectivity index (χ0n) is 8.85. The number of ether oxygens (including phenoxy) is 1. The highest BCUT2D eigenvalue weighted by atomic mass is 19.4. The van der Waals surface area contributed by atoms with Gasteiger partial charge in [-0.25, -0.2) is 4.39 Å². The second-order valence-electron chi connectivity index (χ2n) is 3.78. The predicted molar refractivity (Wildman–Crippen MR) is 53.0 cm³/mol. The van der Waals surface area contributed by atoms with Gasteiger partial charge in [-0.1, -0.05) is 12.1 Å². The largest absolute Gasteiger partial charge is 0.419 e. The third-order valence-corrected chi connectivity index (χ3v) is 2.63. The molecule has 1 saturated heterocycles. The van der Waals surface area contributed by atoms with Crippen LogP contribution in [0.2, 0.25) is 0 Å². The van der Waals surface area contributed by atoms with Gasteiger partial charge < -0.3 is 10.1 Å². The SMILES string of the molecule is Fc1cccc([C@H]2COCCN2)c1C(F)(F)F. The van der Waals surface area contributed by atoms with Crippen molar-refractivity contribution in [3.63, 3.8) is 0 Å². The highest BCUT2D eigenvalue weighted by Crippen LogP contribution is 2.36. The molecule has 1 aliphatic rings. The lowest BCUT2D eigenvalue weighted by molar-refractivity contribution is -0.141. The summed E-state index contributed by atoms with van der Waals surface area (Å²) in [4.78, 5) is 0. The standard InChI is InChI=1S/C11H11F4NO/c12-8-3-1-2-7(10(8)11(13,14)15)9-6-17-5-4-16-9/h1-3,9,16H,4-6H2/t9-/m1/s1. The van der Waals surface area contributed by atoms with E-state index < -0.39 is 23.6 Å². The number of nitrogens with one attached hydrogen (secondary N) is 1. The van der Waals surface area contributed by atoms with E-state index in [0.717, 1.165) is 6.07 Å². The molecule has 1 aliphatic heterocycles. The van der Waals surface area contributed by atoms with E-state index in [2.05, 4.69) is 5.32 Å². The summed E-state index contributed by atoms with van der Waals surface area (Å²) in [5.74, 6) is -1.25. The van der Waals surface area contributed by atoms with Crippen LogP contribution in [0.1, 0.15) is 17.2 Å². The number of benzene rings is 1. The van der Waals surface area contributed by atoms with E-state index in [0.29, 0.717) is 13.2 Å². The van der Waals surface area contributed by atoms with Crippen molar-refractivity contribution in [3.8, 4) is 0 Å². The maximum atomic E-state index is 13.3. The first kappa shape index (κ1) is 12.3. The van der Waals surface area contributed by atoms with Gasteiger partial charge in [-0.05, 0) is 11.6 Å². The first-order chi connectivity index (χ1) is 8.00. The molecule has 0 unspecified atom stereocenters. The van der Waals surface area contributed by atoms with E-state index in [1.807, 2.05) is 0 Å². The van der Waals surface area contributed by atoms with Crippen molar-refractivity contribution < 1.29 is 22.3 Å². The molecule has 1 N–H and O–H groups in total. The molecule has 0 aliphatic carbocycles. The van der Waals surface area contributed by atoms with Crippen LogP contribution in [0.25, 0.3) is 0 Å². The van der Waals surface area contributed by atoms with Crippen molar-refractivity contribution >= 4 is 0 Å². The number of hydrogen-bond acceptors (Lipinski definition) is 2. The van der Waals surface area contributed by atoms with E-state index in [-0.39, 0.29) is 12.2 Å². The van der Waals surface area contributed by atoms with Crippen LogP contribution in [0.5, 0.6) is 0 Å². The van der Waals surface area contributed by atoms with Crippen LogP contribution >= 0.6 is 0 Å². The van der Waals surface area contributed by atoms with Gasteiger partial charge in [0, 0.05) is 6.54 Å². The summed E-state index contributed by atoms with van der Waals surface area (Å²) in [6, 6.07) is 2.75. The van der Waals surface area contributed by atoms with Crippen molar-refractivity contribution in [3.05, 3.63) is 35.1 Å². The maximum Gasteiger partial charge on any atom is 0.419 e. The van der Waals surface area contributed by atoms with Gasteiger partial charge >= 0.3 is 6.18 Å². The normalized spacial score (nSPS) is 21.5. The molecule has 2 rings (SSSR count). The highest BCUT2D eigenvalue weighted by molar-refractivity contribution is 5.34. The fraction of sp³-hybridized carbons (Fsp3) is 0.455. The summed E-state index contributed by atoms with van der Waals surface area (Å²) in [5.41, 5.74) is -1.31. The monoisotopic (exact) mass is 249 g/mol. The molecule has 0 bridgehead atoms. The smallest absolute Gasteiger partial charge is 0.378 e. The van der Waals surface area contributed by atoms with Crippen LogP contribution in [-0.4, -0.2) is 19.8 Å². The third-order valence-electron chi connectivity index (χ3n) is 2.63. The molecule has 6 heteroatoms. The first-order valence-corrected chi connectivity index (χ1v) is 5.17. The molecule has 94 valence electrons. The van der Waals surface area contributed by atoms with Crippen molar-refractivity contribution in [1.82, 2.24) is 5.32 Å². The van der Waals surface area contributed by atoms with E-state index in [9.17, 15) is 17.6 Å². The van der Waals surface area contributed by atoms with Gasteiger partial charge in [0.2, 0.25) is 0 Å². The Morgan fingerprint density at radius 3 is 2.65 bits per heavy atom. The second kappa shape index (κ2) is 4.62. The average molecular weight is 249 g/mol. The summed E-state index contributed by atoms with van der Waals surface area (Å²) in [6.45, 7) is 1.03. The number of morpholine rings is 1. The lowest BCUT2D eigenvalue weighted by Crippen LogP contribution is -2.36. The van der Waals surface area contributed by atoms with Crippen LogP contribution in [0.15, 0.2) is 18.2 Å². The lowest BCUT2D eigenvalue weighted by atomic mass is 9.99. The van der Waals surface area contributed by atoms with E-state index in [1.54, 1.807) is 0 Å². The number of hydrogen-bond donors (Lipinski definition) is 1. The maximum absolute atomic E-state index is 13.3. The predicted octanol–water partition coefficient (Wildman–Crippen LogP) is 2.51. The Hall–Kier alpha value is -1.14. The fourth-order valence-corrected chi connectivity index (χ4v) is 1.90. The first-order valence-electron chi connectivity index (χ1n) is 5.17.